The van der Waals surface area contributed by atoms with Gasteiger partial charge in [-0.15, -0.1) is 0 Å². The molecule has 2 heterocycles. The molecule has 1 saturated heterocycles. The van der Waals surface area contributed by atoms with E-state index in [1.165, 1.54) is 36.7 Å². The fraction of sp³-hybridized carbons (Fsp3) is 0.364. The van der Waals surface area contributed by atoms with Crippen molar-refractivity contribution in [2.75, 3.05) is 45.7 Å². The number of hydrogen-bond acceptors (Lipinski definition) is 7. The van der Waals surface area contributed by atoms with E-state index in [9.17, 15) is 18.0 Å². The van der Waals surface area contributed by atoms with E-state index in [0.29, 0.717) is 28.5 Å². The number of ether oxygens (including phenoxy) is 3. The van der Waals surface area contributed by atoms with E-state index in [0.717, 1.165) is 0 Å². The molecule has 0 aliphatic carbocycles. The highest BCUT2D eigenvalue weighted by atomic mass is 32.2. The molecule has 2 aliphatic heterocycles. The van der Waals surface area contributed by atoms with Crippen LogP contribution in [0.3, 0.4) is 0 Å². The summed E-state index contributed by atoms with van der Waals surface area (Å²) in [6.45, 7) is 2.36. The first-order chi connectivity index (χ1) is 15.7. The number of benzene rings is 2. The van der Waals surface area contributed by atoms with Gasteiger partial charge < -0.3 is 24.4 Å². The van der Waals surface area contributed by atoms with Crippen molar-refractivity contribution in [3.8, 4) is 17.2 Å². The fourth-order valence-corrected chi connectivity index (χ4v) is 5.22. The normalized spacial score (nSPS) is 18.7. The first kappa shape index (κ1) is 22.9. The van der Waals surface area contributed by atoms with E-state index >= 15 is 0 Å². The van der Waals surface area contributed by atoms with Gasteiger partial charge in [-0.05, 0) is 37.3 Å². The van der Waals surface area contributed by atoms with Gasteiger partial charge in [0.05, 0.1) is 30.4 Å². The van der Waals surface area contributed by atoms with E-state index in [1.54, 1.807) is 30.0 Å². The molecule has 0 bridgehead atoms. The molecule has 0 aromatic heterocycles. The van der Waals surface area contributed by atoms with Gasteiger partial charge in [0.2, 0.25) is 10.0 Å². The second-order valence-corrected chi connectivity index (χ2v) is 9.61. The van der Waals surface area contributed by atoms with Crippen molar-refractivity contribution >= 4 is 27.5 Å². The van der Waals surface area contributed by atoms with Crippen LogP contribution in [-0.4, -0.2) is 75.9 Å². The van der Waals surface area contributed by atoms with Crippen molar-refractivity contribution in [3.05, 3.63) is 42.0 Å². The SMILES string of the molecule is COc1ccc(C(=O)N2CCN(S(=O)(=O)c3ccc4c(c3)NC(=O)[C@H](C)O4)CC2)c(OC)c1. The minimum Gasteiger partial charge on any atom is -0.497 e. The molecule has 0 spiro atoms. The fourth-order valence-electron chi connectivity index (χ4n) is 3.77. The number of fused-ring (bicyclic) bond motifs is 1. The average molecular weight is 476 g/mol. The summed E-state index contributed by atoms with van der Waals surface area (Å²) in [5.41, 5.74) is 0.703. The zero-order chi connectivity index (χ0) is 23.8. The number of piperazine rings is 1. The van der Waals surface area contributed by atoms with Crippen LogP contribution in [-0.2, 0) is 14.8 Å². The third-order valence-electron chi connectivity index (χ3n) is 5.68. The third-order valence-corrected chi connectivity index (χ3v) is 7.58. The lowest BCUT2D eigenvalue weighted by atomic mass is 10.1. The summed E-state index contributed by atoms with van der Waals surface area (Å²) in [4.78, 5) is 26.5. The molecule has 2 aromatic carbocycles. The van der Waals surface area contributed by atoms with Crippen molar-refractivity contribution in [2.24, 2.45) is 0 Å². The second kappa shape index (κ2) is 8.91. The Balaban J connectivity index is 1.47. The van der Waals surface area contributed by atoms with E-state index in [2.05, 4.69) is 5.32 Å². The van der Waals surface area contributed by atoms with Crippen LogP contribution < -0.4 is 19.5 Å². The number of hydrogen-bond donors (Lipinski definition) is 1. The van der Waals surface area contributed by atoms with E-state index in [1.807, 2.05) is 0 Å². The van der Waals surface area contributed by atoms with E-state index in [-0.39, 0.29) is 42.9 Å². The Labute approximate surface area is 192 Å². The maximum Gasteiger partial charge on any atom is 0.265 e. The number of anilines is 1. The molecule has 2 aromatic rings. The minimum absolute atomic E-state index is 0.0521. The van der Waals surface area contributed by atoms with Crippen molar-refractivity contribution in [2.45, 2.75) is 17.9 Å². The molecule has 1 N–H and O–H groups in total. The molecular formula is C22H25N3O7S. The highest BCUT2D eigenvalue weighted by Crippen LogP contribution is 2.33. The van der Waals surface area contributed by atoms with Gasteiger partial charge in [0.1, 0.15) is 17.2 Å². The predicted molar refractivity (Wildman–Crippen MR) is 119 cm³/mol. The Morgan fingerprint density at radius 3 is 2.45 bits per heavy atom. The van der Waals surface area contributed by atoms with Crippen LogP contribution in [0, 0.1) is 0 Å². The molecule has 33 heavy (non-hydrogen) atoms. The Hall–Kier alpha value is -3.31. The van der Waals surface area contributed by atoms with Gasteiger partial charge >= 0.3 is 0 Å². The molecule has 0 unspecified atom stereocenters. The quantitative estimate of drug-likeness (QED) is 0.698. The summed E-state index contributed by atoms with van der Waals surface area (Å²) in [6.07, 6.45) is -0.644. The van der Waals surface area contributed by atoms with Crippen molar-refractivity contribution in [3.63, 3.8) is 0 Å². The largest absolute Gasteiger partial charge is 0.497 e. The van der Waals surface area contributed by atoms with Crippen LogP contribution >= 0.6 is 0 Å². The molecule has 1 atom stereocenters. The maximum atomic E-state index is 13.2. The Bertz CT molecular complexity index is 1190. The smallest absolute Gasteiger partial charge is 0.265 e. The molecule has 2 aliphatic rings. The molecule has 4 rings (SSSR count). The second-order valence-electron chi connectivity index (χ2n) is 7.67. The summed E-state index contributed by atoms with van der Waals surface area (Å²) in [5.74, 6) is 0.805. The zero-order valence-corrected chi connectivity index (χ0v) is 19.3. The van der Waals surface area contributed by atoms with E-state index < -0.39 is 16.1 Å². The summed E-state index contributed by atoms with van der Waals surface area (Å²) in [7, 11) is -0.812. The maximum absolute atomic E-state index is 13.2. The Morgan fingerprint density at radius 1 is 1.06 bits per heavy atom. The molecular weight excluding hydrogens is 450 g/mol. The van der Waals surface area contributed by atoms with Crippen molar-refractivity contribution in [1.29, 1.82) is 0 Å². The molecule has 0 saturated carbocycles. The van der Waals surface area contributed by atoms with Crippen LogP contribution in [0.15, 0.2) is 41.3 Å². The number of nitrogens with zero attached hydrogens (tertiary/aromatic N) is 2. The van der Waals surface area contributed by atoms with Gasteiger partial charge in [-0.2, -0.15) is 4.31 Å². The van der Waals surface area contributed by atoms with Crippen LogP contribution in [0.1, 0.15) is 17.3 Å². The van der Waals surface area contributed by atoms with Crippen LogP contribution in [0.4, 0.5) is 5.69 Å². The number of sulfonamides is 1. The lowest BCUT2D eigenvalue weighted by molar-refractivity contribution is -0.122. The average Bonchev–Trinajstić information content (AvgIpc) is 2.83. The van der Waals surface area contributed by atoms with Gasteiger partial charge in [0.15, 0.2) is 6.10 Å². The standard InChI is InChI=1S/C22H25N3O7S/c1-14-21(26)23-18-13-16(5-7-19(18)32-14)33(28,29)25-10-8-24(9-11-25)22(27)17-6-4-15(30-2)12-20(17)31-3/h4-7,12-14H,8-11H2,1-3H3,(H,23,26)/t14-/m0/s1. The lowest BCUT2D eigenvalue weighted by Gasteiger charge is -2.34. The monoisotopic (exact) mass is 475 g/mol. The molecule has 1 fully saturated rings. The molecule has 0 radical (unpaired) electrons. The minimum atomic E-state index is -3.81. The summed E-state index contributed by atoms with van der Waals surface area (Å²) >= 11 is 0. The number of amides is 2. The first-order valence-electron chi connectivity index (χ1n) is 10.4. The van der Waals surface area contributed by atoms with Crippen LogP contribution in [0.25, 0.3) is 0 Å². The number of carbonyl (C=O) groups excluding carboxylic acids is 2. The van der Waals surface area contributed by atoms with Gasteiger partial charge in [0, 0.05) is 32.2 Å². The van der Waals surface area contributed by atoms with Crippen LogP contribution in [0.2, 0.25) is 0 Å². The van der Waals surface area contributed by atoms with Crippen LogP contribution in [0.5, 0.6) is 17.2 Å². The zero-order valence-electron chi connectivity index (χ0n) is 18.5. The van der Waals surface area contributed by atoms with Crippen molar-refractivity contribution in [1.82, 2.24) is 9.21 Å². The topological polar surface area (TPSA) is 114 Å². The van der Waals surface area contributed by atoms with Gasteiger partial charge in [-0.25, -0.2) is 8.42 Å². The molecule has 176 valence electrons. The first-order valence-corrected chi connectivity index (χ1v) is 11.8. The van der Waals surface area contributed by atoms with E-state index in [4.69, 9.17) is 14.2 Å². The van der Waals surface area contributed by atoms with Gasteiger partial charge in [0.25, 0.3) is 11.8 Å². The van der Waals surface area contributed by atoms with Crippen molar-refractivity contribution < 1.29 is 32.2 Å². The lowest BCUT2D eigenvalue weighted by Crippen LogP contribution is -2.50. The number of methoxy groups -OCH3 is 2. The highest BCUT2D eigenvalue weighted by Gasteiger charge is 2.33. The highest BCUT2D eigenvalue weighted by molar-refractivity contribution is 7.89. The number of carbonyl (C=O) groups is 2. The number of rotatable bonds is 5. The molecule has 2 amide bonds. The molecule has 10 nitrogen and oxygen atoms in total. The number of nitrogens with one attached hydrogen (secondary N) is 1. The Morgan fingerprint density at radius 2 is 1.79 bits per heavy atom. The third kappa shape index (κ3) is 4.33. The summed E-state index contributed by atoms with van der Waals surface area (Å²) < 4.78 is 43.7. The summed E-state index contributed by atoms with van der Waals surface area (Å²) in [6, 6.07) is 9.33. The summed E-state index contributed by atoms with van der Waals surface area (Å²) in [5, 5.41) is 2.66. The Kier molecular flexibility index (Phi) is 6.17. The molecule has 11 heteroatoms. The predicted octanol–water partition coefficient (Wildman–Crippen LogP) is 1.57. The van der Waals surface area contributed by atoms with Gasteiger partial charge in [-0.3, -0.25) is 9.59 Å². The van der Waals surface area contributed by atoms with Gasteiger partial charge in [-0.1, -0.05) is 0 Å².